The van der Waals surface area contributed by atoms with Crippen LogP contribution in [-0.4, -0.2) is 52.0 Å². The molecule has 1 amide bonds. The summed E-state index contributed by atoms with van der Waals surface area (Å²) < 4.78 is 30.3. The lowest BCUT2D eigenvalue weighted by molar-refractivity contribution is 0.0338. The van der Waals surface area contributed by atoms with Crippen molar-refractivity contribution in [2.75, 3.05) is 40.0 Å². The van der Waals surface area contributed by atoms with Gasteiger partial charge in [0.25, 0.3) is 5.91 Å². The maximum absolute atomic E-state index is 13.8. The monoisotopic (exact) mass is 338 g/mol. The molecular weight excluding hydrogens is 315 g/mol. The number of halogens is 1. The number of methoxy groups -OCH3 is 1. The van der Waals surface area contributed by atoms with Crippen LogP contribution in [0.4, 0.5) is 4.39 Å². The first-order chi connectivity index (χ1) is 11.7. The van der Waals surface area contributed by atoms with Crippen molar-refractivity contribution in [1.82, 2.24) is 10.6 Å². The zero-order valence-electron chi connectivity index (χ0n) is 13.8. The molecule has 0 radical (unpaired) electrons. The summed E-state index contributed by atoms with van der Waals surface area (Å²) in [5.74, 6) is -0.0375. The van der Waals surface area contributed by atoms with Crippen LogP contribution in [0.5, 0.6) is 11.5 Å². The number of rotatable bonds is 4. The van der Waals surface area contributed by atoms with Gasteiger partial charge >= 0.3 is 0 Å². The van der Waals surface area contributed by atoms with Gasteiger partial charge in [0.1, 0.15) is 5.82 Å². The molecule has 0 spiro atoms. The molecule has 3 rings (SSSR count). The molecule has 0 saturated carbocycles. The molecular formula is C17H23FN2O4. The molecule has 2 aliphatic rings. The van der Waals surface area contributed by atoms with Gasteiger partial charge in [-0.1, -0.05) is 0 Å². The molecule has 6 nitrogen and oxygen atoms in total. The van der Waals surface area contributed by atoms with Gasteiger partial charge in [-0.25, -0.2) is 4.39 Å². The van der Waals surface area contributed by atoms with Crippen LogP contribution in [0.3, 0.4) is 0 Å². The molecule has 2 N–H and O–H groups in total. The second kappa shape index (κ2) is 7.81. The van der Waals surface area contributed by atoms with Crippen LogP contribution in [0.25, 0.3) is 0 Å². The Morgan fingerprint density at radius 2 is 2.25 bits per heavy atom. The van der Waals surface area contributed by atoms with E-state index in [1.807, 2.05) is 0 Å². The van der Waals surface area contributed by atoms with Crippen molar-refractivity contribution in [3.63, 3.8) is 0 Å². The Morgan fingerprint density at radius 1 is 1.42 bits per heavy atom. The number of ether oxygens (including phenoxy) is 3. The van der Waals surface area contributed by atoms with E-state index in [0.717, 1.165) is 19.5 Å². The van der Waals surface area contributed by atoms with Gasteiger partial charge in [0.05, 0.1) is 24.9 Å². The zero-order chi connectivity index (χ0) is 16.9. The Kier molecular flexibility index (Phi) is 5.52. The fourth-order valence-electron chi connectivity index (χ4n) is 3.12. The van der Waals surface area contributed by atoms with Crippen molar-refractivity contribution in [2.24, 2.45) is 5.92 Å². The lowest BCUT2D eigenvalue weighted by atomic mass is 9.95. The van der Waals surface area contributed by atoms with E-state index in [1.54, 1.807) is 7.11 Å². The zero-order valence-corrected chi connectivity index (χ0v) is 13.8. The van der Waals surface area contributed by atoms with Crippen LogP contribution in [0, 0.1) is 11.7 Å². The number of carbonyl (C=O) groups excluding carboxylic acids is 1. The first-order valence-electron chi connectivity index (χ1n) is 8.30. The van der Waals surface area contributed by atoms with Crippen LogP contribution >= 0.6 is 0 Å². The van der Waals surface area contributed by atoms with Crippen molar-refractivity contribution in [2.45, 2.75) is 18.9 Å². The molecule has 2 aliphatic heterocycles. The van der Waals surface area contributed by atoms with Crippen molar-refractivity contribution >= 4 is 5.91 Å². The van der Waals surface area contributed by atoms with Crippen molar-refractivity contribution in [1.29, 1.82) is 0 Å². The van der Waals surface area contributed by atoms with Crippen LogP contribution in [0.1, 0.15) is 23.2 Å². The smallest absolute Gasteiger partial charge is 0.255 e. The quantitative estimate of drug-likeness (QED) is 0.867. The maximum atomic E-state index is 13.8. The van der Waals surface area contributed by atoms with Gasteiger partial charge in [-0.3, -0.25) is 4.79 Å². The summed E-state index contributed by atoms with van der Waals surface area (Å²) in [5, 5.41) is 6.15. The highest BCUT2D eigenvalue weighted by Crippen LogP contribution is 2.34. The van der Waals surface area contributed by atoms with Gasteiger partial charge in [0, 0.05) is 38.6 Å². The molecule has 0 aliphatic carbocycles. The summed E-state index contributed by atoms with van der Waals surface area (Å²) in [5.41, 5.74) is 0.176. The van der Waals surface area contributed by atoms with Gasteiger partial charge in [-0.2, -0.15) is 0 Å². The summed E-state index contributed by atoms with van der Waals surface area (Å²) in [6.45, 7) is 3.03. The van der Waals surface area contributed by atoms with Gasteiger partial charge < -0.3 is 24.8 Å². The second-order valence-corrected chi connectivity index (χ2v) is 6.07. The Bertz CT molecular complexity index is 596. The first kappa shape index (κ1) is 17.0. The number of piperidine rings is 1. The van der Waals surface area contributed by atoms with Crippen molar-refractivity contribution < 1.29 is 23.4 Å². The second-order valence-electron chi connectivity index (χ2n) is 6.07. The summed E-state index contributed by atoms with van der Waals surface area (Å²) in [4.78, 5) is 12.5. The van der Waals surface area contributed by atoms with Crippen molar-refractivity contribution in [3.05, 3.63) is 23.5 Å². The van der Waals surface area contributed by atoms with E-state index in [4.69, 9.17) is 14.2 Å². The average Bonchev–Trinajstić information content (AvgIpc) is 2.84. The third-order valence-corrected chi connectivity index (χ3v) is 4.45. The Balaban J connectivity index is 1.71. The highest BCUT2D eigenvalue weighted by atomic mass is 19.1. The third kappa shape index (κ3) is 3.79. The molecule has 1 unspecified atom stereocenters. The van der Waals surface area contributed by atoms with Crippen LogP contribution < -0.4 is 20.1 Å². The Labute approximate surface area is 140 Å². The normalized spacial score (nSPS) is 23.4. The Morgan fingerprint density at radius 3 is 3.08 bits per heavy atom. The lowest BCUT2D eigenvalue weighted by Crippen LogP contribution is -2.46. The molecule has 7 heteroatoms. The van der Waals surface area contributed by atoms with Gasteiger partial charge in [-0.05, 0) is 19.0 Å². The molecule has 1 fully saturated rings. The molecule has 1 aromatic carbocycles. The number of hydrogen-bond donors (Lipinski definition) is 2. The van der Waals surface area contributed by atoms with E-state index in [0.29, 0.717) is 31.9 Å². The molecule has 2 heterocycles. The lowest BCUT2D eigenvalue weighted by Gasteiger charge is -2.31. The molecule has 132 valence electrons. The molecule has 0 bridgehead atoms. The SMILES string of the molecule is COC1CNCC[C@H]1CNC(=O)c1cc(F)cc2c1OCCCO2. The number of benzene rings is 1. The predicted octanol–water partition coefficient (Wildman–Crippen LogP) is 1.34. The average molecular weight is 338 g/mol. The van der Waals surface area contributed by atoms with Crippen LogP contribution in [0.2, 0.25) is 0 Å². The number of carbonyl (C=O) groups is 1. The largest absolute Gasteiger partial charge is 0.489 e. The van der Waals surface area contributed by atoms with Gasteiger partial charge in [0.15, 0.2) is 11.5 Å². The number of hydrogen-bond acceptors (Lipinski definition) is 5. The van der Waals surface area contributed by atoms with E-state index in [9.17, 15) is 9.18 Å². The summed E-state index contributed by atoms with van der Waals surface area (Å²) in [6, 6.07) is 2.45. The van der Waals surface area contributed by atoms with E-state index >= 15 is 0 Å². The van der Waals surface area contributed by atoms with Crippen molar-refractivity contribution in [3.8, 4) is 11.5 Å². The highest BCUT2D eigenvalue weighted by molar-refractivity contribution is 5.97. The number of fused-ring (bicyclic) bond motifs is 1. The minimum Gasteiger partial charge on any atom is -0.489 e. The molecule has 1 saturated heterocycles. The standard InChI is InChI=1S/C17H23FN2O4/c1-22-15-10-19-4-3-11(15)9-20-17(21)13-7-12(18)8-14-16(13)24-6-2-5-23-14/h7-8,11,15,19H,2-6,9-10H2,1H3,(H,20,21)/t11-,15?/m0/s1. The molecule has 24 heavy (non-hydrogen) atoms. The molecule has 2 atom stereocenters. The molecule has 1 aromatic rings. The summed E-state index contributed by atoms with van der Waals surface area (Å²) >= 11 is 0. The summed E-state index contributed by atoms with van der Waals surface area (Å²) in [6.07, 6.45) is 1.67. The van der Waals surface area contributed by atoms with E-state index in [-0.39, 0.29) is 29.2 Å². The Hall–Kier alpha value is -1.86. The maximum Gasteiger partial charge on any atom is 0.255 e. The van der Waals surface area contributed by atoms with Gasteiger partial charge in [0.2, 0.25) is 0 Å². The predicted molar refractivity (Wildman–Crippen MR) is 86.1 cm³/mol. The highest BCUT2D eigenvalue weighted by Gasteiger charge is 2.27. The number of amides is 1. The van der Waals surface area contributed by atoms with Crippen LogP contribution in [0.15, 0.2) is 12.1 Å². The van der Waals surface area contributed by atoms with E-state index in [2.05, 4.69) is 10.6 Å². The third-order valence-electron chi connectivity index (χ3n) is 4.45. The van der Waals surface area contributed by atoms with Crippen LogP contribution in [-0.2, 0) is 4.74 Å². The molecule has 0 aromatic heterocycles. The minimum atomic E-state index is -0.513. The summed E-state index contributed by atoms with van der Waals surface area (Å²) in [7, 11) is 1.67. The first-order valence-corrected chi connectivity index (χ1v) is 8.30. The van der Waals surface area contributed by atoms with E-state index < -0.39 is 5.82 Å². The number of nitrogens with one attached hydrogen (secondary N) is 2. The fraction of sp³-hybridized carbons (Fsp3) is 0.588. The minimum absolute atomic E-state index is 0.0586. The van der Waals surface area contributed by atoms with E-state index in [1.165, 1.54) is 12.1 Å². The van der Waals surface area contributed by atoms with Gasteiger partial charge in [-0.15, -0.1) is 0 Å². The fourth-order valence-corrected chi connectivity index (χ4v) is 3.12. The topological polar surface area (TPSA) is 68.8 Å².